The number of esters is 1. The van der Waals surface area contributed by atoms with Crippen molar-refractivity contribution in [3.8, 4) is 11.5 Å². The highest BCUT2D eigenvalue weighted by Crippen LogP contribution is 2.33. The van der Waals surface area contributed by atoms with Gasteiger partial charge in [-0.1, -0.05) is 35.1 Å². The number of rotatable bonds is 6. The summed E-state index contributed by atoms with van der Waals surface area (Å²) in [5.41, 5.74) is 1.52. The van der Waals surface area contributed by atoms with E-state index in [1.54, 1.807) is 44.2 Å². The maximum Gasteiger partial charge on any atom is 0.338 e. The third-order valence-corrected chi connectivity index (χ3v) is 7.17. The highest BCUT2D eigenvalue weighted by molar-refractivity contribution is 9.10. The van der Waals surface area contributed by atoms with Crippen LogP contribution >= 0.6 is 38.9 Å². The molecule has 0 spiro atoms. The predicted octanol–water partition coefficient (Wildman–Crippen LogP) is 4.32. The van der Waals surface area contributed by atoms with Gasteiger partial charge in [-0.3, -0.25) is 9.36 Å². The molecule has 1 N–H and O–H groups in total. The number of aromatic hydroxyl groups is 1. The molecule has 0 aliphatic carbocycles. The molecule has 4 rings (SSSR count). The second-order valence-electron chi connectivity index (χ2n) is 7.63. The number of carbonyl (C=O) groups is 1. The zero-order valence-electron chi connectivity index (χ0n) is 19.2. The SMILES string of the molecule is CCOC(=O)C1=C(C)N=c2s/c(=C\c3cc(Cl)cc(Br)c3O)c(=O)n2[C@@H]1c1ccc(OCC)cc1. The lowest BCUT2D eigenvalue weighted by molar-refractivity contribution is -0.139. The summed E-state index contributed by atoms with van der Waals surface area (Å²) < 4.78 is 13.1. The molecule has 0 radical (unpaired) electrons. The first-order valence-corrected chi connectivity index (χ1v) is 12.8. The molecular formula is C25H22BrClN2O5S. The Morgan fingerprint density at radius 3 is 2.63 bits per heavy atom. The fourth-order valence-electron chi connectivity index (χ4n) is 3.86. The molecule has 0 unspecified atom stereocenters. The average molecular weight is 578 g/mol. The number of hydrogen-bond donors (Lipinski definition) is 1. The van der Waals surface area contributed by atoms with E-state index in [0.717, 1.165) is 0 Å². The summed E-state index contributed by atoms with van der Waals surface area (Å²) in [5, 5.41) is 10.9. The number of aromatic nitrogens is 1. The third-order valence-electron chi connectivity index (χ3n) is 5.37. The van der Waals surface area contributed by atoms with E-state index in [2.05, 4.69) is 20.9 Å². The summed E-state index contributed by atoms with van der Waals surface area (Å²) in [4.78, 5) is 31.6. The van der Waals surface area contributed by atoms with E-state index < -0.39 is 12.0 Å². The number of carbonyl (C=O) groups excluding carboxylic acids is 1. The van der Waals surface area contributed by atoms with E-state index in [9.17, 15) is 14.7 Å². The summed E-state index contributed by atoms with van der Waals surface area (Å²) >= 11 is 10.6. The van der Waals surface area contributed by atoms with Gasteiger partial charge in [0.1, 0.15) is 11.5 Å². The first kappa shape index (κ1) is 25.2. The van der Waals surface area contributed by atoms with Crippen molar-refractivity contribution >= 4 is 50.9 Å². The number of phenols is 1. The molecule has 0 saturated carbocycles. The fraction of sp³-hybridized carbons (Fsp3) is 0.240. The van der Waals surface area contributed by atoms with Crippen LogP contribution in [0.4, 0.5) is 0 Å². The lowest BCUT2D eigenvalue weighted by Gasteiger charge is -2.24. The number of fused-ring (bicyclic) bond motifs is 1. The van der Waals surface area contributed by atoms with Crippen molar-refractivity contribution in [1.82, 2.24) is 4.57 Å². The lowest BCUT2D eigenvalue weighted by atomic mass is 9.96. The van der Waals surface area contributed by atoms with Crippen LogP contribution in [-0.2, 0) is 9.53 Å². The van der Waals surface area contributed by atoms with Crippen molar-refractivity contribution in [2.45, 2.75) is 26.8 Å². The van der Waals surface area contributed by atoms with E-state index in [4.69, 9.17) is 21.1 Å². The summed E-state index contributed by atoms with van der Waals surface area (Å²) in [5.74, 6) is 0.120. The monoisotopic (exact) mass is 576 g/mol. The van der Waals surface area contributed by atoms with Crippen LogP contribution < -0.4 is 19.6 Å². The van der Waals surface area contributed by atoms with Gasteiger partial charge in [-0.2, -0.15) is 0 Å². The van der Waals surface area contributed by atoms with Gasteiger partial charge in [0, 0.05) is 10.6 Å². The molecular weight excluding hydrogens is 556 g/mol. The molecule has 2 aromatic carbocycles. The summed E-state index contributed by atoms with van der Waals surface area (Å²) in [7, 11) is 0. The van der Waals surface area contributed by atoms with Gasteiger partial charge in [0.05, 0.1) is 39.5 Å². The highest BCUT2D eigenvalue weighted by atomic mass is 79.9. The van der Waals surface area contributed by atoms with E-state index in [1.807, 2.05) is 19.1 Å². The molecule has 1 atom stereocenters. The average Bonchev–Trinajstić information content (AvgIpc) is 3.11. The van der Waals surface area contributed by atoms with Gasteiger partial charge in [-0.05, 0) is 72.6 Å². The summed E-state index contributed by atoms with van der Waals surface area (Å²) in [6.45, 7) is 6.07. The minimum atomic E-state index is -0.733. The summed E-state index contributed by atoms with van der Waals surface area (Å²) in [6.07, 6.45) is 1.56. The number of benzene rings is 2. The molecule has 7 nitrogen and oxygen atoms in total. The largest absolute Gasteiger partial charge is 0.506 e. The van der Waals surface area contributed by atoms with Gasteiger partial charge in [0.25, 0.3) is 5.56 Å². The van der Waals surface area contributed by atoms with Crippen molar-refractivity contribution in [2.24, 2.45) is 4.99 Å². The van der Waals surface area contributed by atoms with Gasteiger partial charge in [0.2, 0.25) is 0 Å². The van der Waals surface area contributed by atoms with Crippen LogP contribution in [0.25, 0.3) is 6.08 Å². The van der Waals surface area contributed by atoms with E-state index in [0.29, 0.717) is 53.6 Å². The Balaban J connectivity index is 1.94. The van der Waals surface area contributed by atoms with Gasteiger partial charge in [-0.25, -0.2) is 9.79 Å². The number of thiazole rings is 1. The van der Waals surface area contributed by atoms with E-state index in [-0.39, 0.29) is 17.9 Å². The standard InChI is InChI=1S/C25H22BrClN2O5S/c1-4-33-17-8-6-14(7-9-17)21-20(24(32)34-5-2)13(3)28-25-29(21)23(31)19(35-25)11-15-10-16(27)12-18(26)22(15)30/h6-12,21,30H,4-5H2,1-3H3/b19-11-/t21-/m1/s1. The molecule has 1 aromatic heterocycles. The topological polar surface area (TPSA) is 90.1 Å². The lowest BCUT2D eigenvalue weighted by Crippen LogP contribution is -2.39. The van der Waals surface area contributed by atoms with Crippen molar-refractivity contribution < 1.29 is 19.4 Å². The Labute approximate surface area is 218 Å². The fourth-order valence-corrected chi connectivity index (χ4v) is 5.73. The zero-order chi connectivity index (χ0) is 25.3. The number of hydrogen-bond acceptors (Lipinski definition) is 7. The van der Waals surface area contributed by atoms with Crippen LogP contribution in [0.5, 0.6) is 11.5 Å². The second-order valence-corrected chi connectivity index (χ2v) is 9.93. The Morgan fingerprint density at radius 1 is 1.26 bits per heavy atom. The number of halogens is 2. The van der Waals surface area contributed by atoms with Gasteiger partial charge in [0.15, 0.2) is 4.80 Å². The molecule has 35 heavy (non-hydrogen) atoms. The molecule has 0 bridgehead atoms. The van der Waals surface area contributed by atoms with E-state index in [1.165, 1.54) is 15.9 Å². The maximum atomic E-state index is 13.6. The zero-order valence-corrected chi connectivity index (χ0v) is 22.3. The molecule has 2 heterocycles. The Bertz CT molecular complexity index is 1510. The van der Waals surface area contributed by atoms with Crippen LogP contribution in [0.15, 0.2) is 61.9 Å². The first-order valence-electron chi connectivity index (χ1n) is 10.9. The van der Waals surface area contributed by atoms with Crippen LogP contribution in [-0.4, -0.2) is 28.9 Å². The number of nitrogens with zero attached hydrogens (tertiary/aromatic N) is 2. The minimum absolute atomic E-state index is 0.0355. The van der Waals surface area contributed by atoms with Crippen molar-refractivity contribution in [3.63, 3.8) is 0 Å². The number of ether oxygens (including phenoxy) is 2. The first-order chi connectivity index (χ1) is 16.7. The van der Waals surface area contributed by atoms with Crippen molar-refractivity contribution in [2.75, 3.05) is 13.2 Å². The van der Waals surface area contributed by atoms with Gasteiger partial charge in [-0.15, -0.1) is 0 Å². The normalized spacial score (nSPS) is 15.6. The third kappa shape index (κ3) is 4.94. The molecule has 182 valence electrons. The Hall–Kier alpha value is -2.88. The van der Waals surface area contributed by atoms with Crippen molar-refractivity contribution in [3.05, 3.63) is 88.0 Å². The number of allylic oxidation sites excluding steroid dienone is 1. The van der Waals surface area contributed by atoms with Crippen LogP contribution in [0.3, 0.4) is 0 Å². The highest BCUT2D eigenvalue weighted by Gasteiger charge is 2.33. The molecule has 3 aromatic rings. The molecule has 0 amide bonds. The Morgan fingerprint density at radius 2 is 1.97 bits per heavy atom. The quantitative estimate of drug-likeness (QED) is 0.441. The Kier molecular flexibility index (Phi) is 7.49. The second kappa shape index (κ2) is 10.4. The molecule has 1 aliphatic rings. The van der Waals surface area contributed by atoms with Crippen molar-refractivity contribution in [1.29, 1.82) is 0 Å². The van der Waals surface area contributed by atoms with Crippen LogP contribution in [0.1, 0.15) is 37.9 Å². The smallest absolute Gasteiger partial charge is 0.338 e. The van der Waals surface area contributed by atoms with Gasteiger partial charge < -0.3 is 14.6 Å². The van der Waals surface area contributed by atoms with Crippen LogP contribution in [0, 0.1) is 0 Å². The summed E-state index contributed by atoms with van der Waals surface area (Å²) in [6, 6.07) is 9.65. The molecule has 10 heteroatoms. The molecule has 0 fully saturated rings. The minimum Gasteiger partial charge on any atom is -0.506 e. The van der Waals surface area contributed by atoms with E-state index >= 15 is 0 Å². The van der Waals surface area contributed by atoms with Crippen LogP contribution in [0.2, 0.25) is 5.02 Å². The predicted molar refractivity (Wildman–Crippen MR) is 139 cm³/mol. The number of phenolic OH excluding ortho intramolecular Hbond substituents is 1. The maximum absolute atomic E-state index is 13.6. The van der Waals surface area contributed by atoms with Gasteiger partial charge >= 0.3 is 5.97 Å². The molecule has 1 aliphatic heterocycles. The molecule has 0 saturated heterocycles.